The lowest BCUT2D eigenvalue weighted by Crippen LogP contribution is -2.26. The molecule has 2 aromatic rings. The highest BCUT2D eigenvalue weighted by Crippen LogP contribution is 2.25. The maximum absolute atomic E-state index is 12.6. The Morgan fingerprint density at radius 2 is 1.73 bits per heavy atom. The first-order valence-electron chi connectivity index (χ1n) is 8.21. The molecule has 1 N–H and O–H groups in total. The fourth-order valence-electron chi connectivity index (χ4n) is 2.48. The van der Waals surface area contributed by atoms with E-state index in [0.717, 1.165) is 16.3 Å². The Balaban J connectivity index is 2.22. The van der Waals surface area contributed by atoms with Crippen LogP contribution in [-0.2, 0) is 10.0 Å². The predicted octanol–water partition coefficient (Wildman–Crippen LogP) is 3.43. The van der Waals surface area contributed by atoms with E-state index in [1.807, 2.05) is 13.8 Å². The molecule has 0 spiro atoms. The molecule has 140 valence electrons. The van der Waals surface area contributed by atoms with Crippen molar-refractivity contribution in [1.29, 1.82) is 0 Å². The van der Waals surface area contributed by atoms with Crippen molar-refractivity contribution >= 4 is 27.3 Å². The topological polar surface area (TPSA) is 75.7 Å². The third kappa shape index (κ3) is 4.76. The van der Waals surface area contributed by atoms with Gasteiger partial charge in [-0.2, -0.15) is 0 Å². The van der Waals surface area contributed by atoms with Crippen LogP contribution in [0.25, 0.3) is 0 Å². The number of hydrogen-bond acceptors (Lipinski definition) is 4. The molecule has 2 rings (SSSR count). The van der Waals surface area contributed by atoms with Gasteiger partial charge in [-0.1, -0.05) is 6.07 Å². The summed E-state index contributed by atoms with van der Waals surface area (Å²) in [4.78, 5) is 12.6. The van der Waals surface area contributed by atoms with Crippen LogP contribution in [0.4, 0.5) is 11.4 Å². The Morgan fingerprint density at radius 1 is 1.12 bits per heavy atom. The van der Waals surface area contributed by atoms with E-state index >= 15 is 0 Å². The maximum atomic E-state index is 12.6. The number of anilines is 2. The molecule has 7 heteroatoms. The van der Waals surface area contributed by atoms with Crippen molar-refractivity contribution in [2.24, 2.45) is 0 Å². The van der Waals surface area contributed by atoms with Gasteiger partial charge in [0.05, 0.1) is 18.0 Å². The number of sulfonamides is 1. The van der Waals surface area contributed by atoms with Crippen LogP contribution in [0.2, 0.25) is 0 Å². The molecular weight excluding hydrogens is 352 g/mol. The van der Waals surface area contributed by atoms with E-state index < -0.39 is 10.0 Å². The molecule has 0 saturated heterocycles. The van der Waals surface area contributed by atoms with Crippen LogP contribution in [0.1, 0.15) is 29.8 Å². The zero-order chi connectivity index (χ0) is 19.5. The first-order chi connectivity index (χ1) is 12.1. The lowest BCUT2D eigenvalue weighted by atomic mass is 10.1. The zero-order valence-electron chi connectivity index (χ0n) is 15.6. The van der Waals surface area contributed by atoms with Gasteiger partial charge in [0, 0.05) is 18.3 Å². The second-order valence-corrected chi connectivity index (χ2v) is 8.34. The minimum absolute atomic E-state index is 0.0765. The van der Waals surface area contributed by atoms with E-state index in [4.69, 9.17) is 4.74 Å². The Kier molecular flexibility index (Phi) is 5.92. The second kappa shape index (κ2) is 7.78. The number of ether oxygens (including phenoxy) is 1. The van der Waals surface area contributed by atoms with Crippen LogP contribution in [0.5, 0.6) is 5.75 Å². The monoisotopic (exact) mass is 376 g/mol. The minimum atomic E-state index is -3.41. The van der Waals surface area contributed by atoms with Gasteiger partial charge in [-0.05, 0) is 62.7 Å². The highest BCUT2D eigenvalue weighted by atomic mass is 32.2. The normalized spacial score (nSPS) is 11.3. The molecule has 0 bridgehead atoms. The summed E-state index contributed by atoms with van der Waals surface area (Å²) in [6.07, 6.45) is 1.20. The van der Waals surface area contributed by atoms with Gasteiger partial charge in [0.25, 0.3) is 5.91 Å². The summed E-state index contributed by atoms with van der Waals surface area (Å²) in [5.74, 6) is 0.426. The lowest BCUT2D eigenvalue weighted by molar-refractivity contribution is 0.102. The molecule has 0 heterocycles. The summed E-state index contributed by atoms with van der Waals surface area (Å²) in [6, 6.07) is 12.1. The van der Waals surface area contributed by atoms with Crippen LogP contribution < -0.4 is 14.4 Å². The van der Waals surface area contributed by atoms with Crippen molar-refractivity contribution in [2.45, 2.75) is 26.9 Å². The molecule has 0 saturated carbocycles. The first kappa shape index (κ1) is 19.8. The number of nitrogens with zero attached hydrogens (tertiary/aromatic N) is 1. The molecule has 6 nitrogen and oxygen atoms in total. The van der Waals surface area contributed by atoms with Crippen molar-refractivity contribution in [2.75, 3.05) is 22.9 Å². The molecule has 0 fully saturated rings. The Bertz CT molecular complexity index is 890. The molecule has 0 aliphatic heterocycles. The molecule has 0 aromatic heterocycles. The molecule has 0 aliphatic rings. The first-order valence-corrected chi connectivity index (χ1v) is 10.1. The van der Waals surface area contributed by atoms with Gasteiger partial charge in [-0.25, -0.2) is 8.42 Å². The van der Waals surface area contributed by atoms with E-state index in [-0.39, 0.29) is 12.0 Å². The van der Waals surface area contributed by atoms with Gasteiger partial charge in [0.2, 0.25) is 10.0 Å². The summed E-state index contributed by atoms with van der Waals surface area (Å²) >= 11 is 0. The van der Waals surface area contributed by atoms with Gasteiger partial charge >= 0.3 is 0 Å². The van der Waals surface area contributed by atoms with Crippen molar-refractivity contribution in [3.63, 3.8) is 0 Å². The van der Waals surface area contributed by atoms with Crippen molar-refractivity contribution in [1.82, 2.24) is 0 Å². The fraction of sp³-hybridized carbons (Fsp3) is 0.316. The number of rotatable bonds is 6. The van der Waals surface area contributed by atoms with Crippen LogP contribution in [-0.4, -0.2) is 33.7 Å². The van der Waals surface area contributed by atoms with E-state index in [2.05, 4.69) is 5.32 Å². The van der Waals surface area contributed by atoms with Gasteiger partial charge in [-0.15, -0.1) is 0 Å². The fourth-order valence-corrected chi connectivity index (χ4v) is 3.03. The number of carbonyl (C=O) groups is 1. The summed E-state index contributed by atoms with van der Waals surface area (Å²) < 4.78 is 30.3. The molecule has 0 unspecified atom stereocenters. The number of nitrogens with one attached hydrogen (secondary N) is 1. The van der Waals surface area contributed by atoms with Gasteiger partial charge < -0.3 is 10.1 Å². The molecule has 1 amide bonds. The third-order valence-electron chi connectivity index (χ3n) is 3.87. The van der Waals surface area contributed by atoms with Crippen LogP contribution in [0, 0.1) is 6.92 Å². The minimum Gasteiger partial charge on any atom is -0.491 e. The highest BCUT2D eigenvalue weighted by Gasteiger charge is 2.18. The number of benzene rings is 2. The average molecular weight is 376 g/mol. The highest BCUT2D eigenvalue weighted by molar-refractivity contribution is 7.92. The average Bonchev–Trinajstić information content (AvgIpc) is 2.55. The number of amides is 1. The molecule has 0 aliphatic carbocycles. The third-order valence-corrected chi connectivity index (χ3v) is 5.06. The number of carbonyl (C=O) groups excluding carboxylic acids is 1. The molecule has 2 aromatic carbocycles. The van der Waals surface area contributed by atoms with Crippen LogP contribution in [0.3, 0.4) is 0 Å². The van der Waals surface area contributed by atoms with Crippen molar-refractivity contribution in [3.8, 4) is 5.75 Å². The van der Waals surface area contributed by atoms with E-state index in [1.54, 1.807) is 49.4 Å². The summed E-state index contributed by atoms with van der Waals surface area (Å²) in [7, 11) is -1.94. The summed E-state index contributed by atoms with van der Waals surface area (Å²) in [5, 5.41) is 2.82. The van der Waals surface area contributed by atoms with Crippen LogP contribution >= 0.6 is 0 Å². The Morgan fingerprint density at radius 3 is 2.27 bits per heavy atom. The quantitative estimate of drug-likeness (QED) is 0.838. The molecule has 0 atom stereocenters. The summed E-state index contributed by atoms with van der Waals surface area (Å²) in [5.41, 5.74) is 2.12. The van der Waals surface area contributed by atoms with Gasteiger partial charge in [0.15, 0.2) is 0 Å². The van der Waals surface area contributed by atoms with E-state index in [1.165, 1.54) is 7.05 Å². The second-order valence-electron chi connectivity index (χ2n) is 6.33. The van der Waals surface area contributed by atoms with E-state index in [0.29, 0.717) is 22.5 Å². The maximum Gasteiger partial charge on any atom is 0.256 e. The Hall–Kier alpha value is -2.54. The zero-order valence-corrected chi connectivity index (χ0v) is 16.4. The predicted molar refractivity (Wildman–Crippen MR) is 105 cm³/mol. The van der Waals surface area contributed by atoms with E-state index in [9.17, 15) is 13.2 Å². The van der Waals surface area contributed by atoms with Gasteiger partial charge in [0.1, 0.15) is 5.75 Å². The largest absolute Gasteiger partial charge is 0.491 e. The molecule has 0 radical (unpaired) electrons. The van der Waals surface area contributed by atoms with Crippen LogP contribution in [0.15, 0.2) is 42.5 Å². The lowest BCUT2D eigenvalue weighted by Gasteiger charge is -2.20. The Labute approximate surface area is 154 Å². The molecule has 26 heavy (non-hydrogen) atoms. The molecular formula is C19H24N2O4S. The summed E-state index contributed by atoms with van der Waals surface area (Å²) in [6.45, 7) is 5.61. The van der Waals surface area contributed by atoms with Crippen molar-refractivity contribution < 1.29 is 17.9 Å². The standard InChI is InChI=1S/C19H24N2O4S/c1-13(2)25-16-11-9-15(10-12-16)20-19(22)17-7-6-8-18(14(17)3)21(4)26(5,23)24/h6-13H,1-5H3,(H,20,22). The SMILES string of the molecule is Cc1c(C(=O)Nc2ccc(OC(C)C)cc2)cccc1N(C)S(C)(=O)=O. The van der Waals surface area contributed by atoms with Gasteiger partial charge in [-0.3, -0.25) is 9.10 Å². The smallest absolute Gasteiger partial charge is 0.256 e. The number of hydrogen-bond donors (Lipinski definition) is 1. The van der Waals surface area contributed by atoms with Crippen molar-refractivity contribution in [3.05, 3.63) is 53.6 Å².